The molecule has 0 unspecified atom stereocenters. The van der Waals surface area contributed by atoms with E-state index in [-0.39, 0.29) is 11.1 Å². The quantitative estimate of drug-likeness (QED) is 0.315. The number of anilines is 3. The van der Waals surface area contributed by atoms with Crippen molar-refractivity contribution in [1.82, 2.24) is 14.8 Å². The Balaban J connectivity index is 1.40. The number of carbonyl (C=O) groups is 1. The first kappa shape index (κ1) is 24.6. The van der Waals surface area contributed by atoms with E-state index in [1.807, 2.05) is 18.2 Å². The number of hydrogen-bond donors (Lipinski definition) is 3. The maximum absolute atomic E-state index is 12.9. The highest BCUT2D eigenvalue weighted by molar-refractivity contribution is 6.02. The average Bonchev–Trinajstić information content (AvgIpc) is 3.58. The van der Waals surface area contributed by atoms with E-state index in [0.29, 0.717) is 23.8 Å². The van der Waals surface area contributed by atoms with Crippen LogP contribution in [-0.2, 0) is 23.4 Å². The molecule has 2 heterocycles. The van der Waals surface area contributed by atoms with E-state index in [2.05, 4.69) is 15.7 Å². The van der Waals surface area contributed by atoms with Gasteiger partial charge in [-0.25, -0.2) is 14.5 Å². The van der Waals surface area contributed by atoms with Gasteiger partial charge in [-0.05, 0) is 60.4 Å². The van der Waals surface area contributed by atoms with E-state index in [9.17, 15) is 18.0 Å². The summed E-state index contributed by atoms with van der Waals surface area (Å²) in [7, 11) is 3.47. The Kier molecular flexibility index (Phi) is 6.03. The number of halogens is 3. The number of aryl methyl sites for hydroxylation is 1. The third-order valence-electron chi connectivity index (χ3n) is 6.54. The molecule has 1 fully saturated rings. The third-order valence-corrected chi connectivity index (χ3v) is 6.54. The second kappa shape index (κ2) is 9.07. The molecule has 8 nitrogen and oxygen atoms in total. The summed E-state index contributed by atoms with van der Waals surface area (Å²) in [6.45, 7) is 0.572. The van der Waals surface area contributed by atoms with Crippen LogP contribution in [-0.4, -0.2) is 34.5 Å². The smallest absolute Gasteiger partial charge is 0.384 e. The summed E-state index contributed by atoms with van der Waals surface area (Å²) >= 11 is 0. The van der Waals surface area contributed by atoms with E-state index in [1.54, 1.807) is 31.0 Å². The number of alkyl halides is 3. The molecule has 192 valence electrons. The number of methoxy groups -OCH3 is 1. The number of rotatable bonds is 6. The van der Waals surface area contributed by atoms with Crippen LogP contribution < -0.4 is 16.4 Å². The molecule has 2 amide bonds. The topological polar surface area (TPSA) is 107 Å². The number of pyridine rings is 1. The van der Waals surface area contributed by atoms with Gasteiger partial charge in [-0.1, -0.05) is 18.2 Å². The molecule has 37 heavy (non-hydrogen) atoms. The van der Waals surface area contributed by atoms with Gasteiger partial charge in [0.15, 0.2) is 11.5 Å². The van der Waals surface area contributed by atoms with E-state index in [0.717, 1.165) is 47.2 Å². The molecule has 11 heteroatoms. The molecule has 5 rings (SSSR count). The van der Waals surface area contributed by atoms with Gasteiger partial charge in [0.1, 0.15) is 0 Å². The van der Waals surface area contributed by atoms with Gasteiger partial charge in [-0.3, -0.25) is 0 Å². The molecule has 0 atom stereocenters. The lowest BCUT2D eigenvalue weighted by atomic mass is 9.96. The first-order chi connectivity index (χ1) is 17.6. The van der Waals surface area contributed by atoms with Crippen LogP contribution in [0.2, 0.25) is 0 Å². The lowest BCUT2D eigenvalue weighted by molar-refractivity contribution is -0.137. The number of fused-ring (bicyclic) bond motifs is 1. The highest BCUT2D eigenvalue weighted by Crippen LogP contribution is 2.49. The molecule has 1 saturated carbocycles. The van der Waals surface area contributed by atoms with Crippen molar-refractivity contribution >= 4 is 34.3 Å². The summed E-state index contributed by atoms with van der Waals surface area (Å²) in [6, 6.07) is 12.9. The Labute approximate surface area is 210 Å². The SMILES string of the molecule is COCC1(c2cc(-c3ccc(NC(=O)Nc4cccc(C(F)(F)F)c4)cc3)c3c(N)nn(C)c3n2)CC1. The van der Waals surface area contributed by atoms with Crippen molar-refractivity contribution in [2.24, 2.45) is 7.05 Å². The fourth-order valence-corrected chi connectivity index (χ4v) is 4.48. The molecule has 0 bridgehead atoms. The van der Waals surface area contributed by atoms with Gasteiger partial charge in [-0.2, -0.15) is 18.3 Å². The predicted octanol–water partition coefficient (Wildman–Crippen LogP) is 5.56. The summed E-state index contributed by atoms with van der Waals surface area (Å²) < 4.78 is 45.9. The lowest BCUT2D eigenvalue weighted by Gasteiger charge is -2.16. The summed E-state index contributed by atoms with van der Waals surface area (Å²) in [5.41, 5.74) is 9.07. The molecule has 0 spiro atoms. The summed E-state index contributed by atoms with van der Waals surface area (Å²) in [6.07, 6.45) is -2.53. The highest BCUT2D eigenvalue weighted by atomic mass is 19.4. The van der Waals surface area contributed by atoms with Crippen LogP contribution >= 0.6 is 0 Å². The van der Waals surface area contributed by atoms with Crippen LogP contribution in [0.5, 0.6) is 0 Å². The number of hydrogen-bond acceptors (Lipinski definition) is 5. The zero-order chi connectivity index (χ0) is 26.4. The Morgan fingerprint density at radius 3 is 2.46 bits per heavy atom. The Morgan fingerprint density at radius 1 is 1.11 bits per heavy atom. The van der Waals surface area contributed by atoms with Crippen LogP contribution in [0.4, 0.5) is 35.2 Å². The van der Waals surface area contributed by atoms with Crippen molar-refractivity contribution in [3.63, 3.8) is 0 Å². The van der Waals surface area contributed by atoms with Crippen molar-refractivity contribution in [1.29, 1.82) is 0 Å². The number of amides is 2. The predicted molar refractivity (Wildman–Crippen MR) is 135 cm³/mol. The molecule has 4 N–H and O–H groups in total. The van der Waals surface area contributed by atoms with E-state index >= 15 is 0 Å². The molecule has 2 aromatic heterocycles. The molecular formula is C26H25F3N6O2. The fourth-order valence-electron chi connectivity index (χ4n) is 4.48. The monoisotopic (exact) mass is 510 g/mol. The van der Waals surface area contributed by atoms with Crippen molar-refractivity contribution in [3.8, 4) is 11.1 Å². The normalized spacial score (nSPS) is 14.5. The zero-order valence-electron chi connectivity index (χ0n) is 20.2. The van der Waals surface area contributed by atoms with Gasteiger partial charge < -0.3 is 21.1 Å². The number of nitrogens with two attached hydrogens (primary N) is 1. The van der Waals surface area contributed by atoms with Crippen molar-refractivity contribution in [3.05, 3.63) is 65.9 Å². The summed E-state index contributed by atoms with van der Waals surface area (Å²) in [5.74, 6) is 0.366. The minimum absolute atomic E-state index is 0.0350. The van der Waals surface area contributed by atoms with Crippen LogP contribution in [0.15, 0.2) is 54.6 Å². The molecule has 1 aliphatic carbocycles. The lowest BCUT2D eigenvalue weighted by Crippen LogP contribution is -2.19. The molecule has 1 aliphatic rings. The largest absolute Gasteiger partial charge is 0.416 e. The van der Waals surface area contributed by atoms with Crippen LogP contribution in [0.3, 0.4) is 0 Å². The number of nitrogens with one attached hydrogen (secondary N) is 2. The van der Waals surface area contributed by atoms with E-state index < -0.39 is 17.8 Å². The van der Waals surface area contributed by atoms with Gasteiger partial charge in [0.25, 0.3) is 0 Å². The van der Waals surface area contributed by atoms with Crippen molar-refractivity contribution in [2.45, 2.75) is 24.4 Å². The van der Waals surface area contributed by atoms with E-state index in [4.69, 9.17) is 15.5 Å². The number of nitrogen functional groups attached to an aromatic ring is 1. The van der Waals surface area contributed by atoms with Gasteiger partial charge in [0.2, 0.25) is 0 Å². The zero-order valence-corrected chi connectivity index (χ0v) is 20.2. The minimum Gasteiger partial charge on any atom is -0.384 e. The highest BCUT2D eigenvalue weighted by Gasteiger charge is 2.46. The molecule has 2 aromatic carbocycles. The second-order valence-corrected chi connectivity index (χ2v) is 9.21. The van der Waals surface area contributed by atoms with Crippen LogP contribution in [0, 0.1) is 0 Å². The molecule has 0 radical (unpaired) electrons. The number of nitrogens with zero attached hydrogens (tertiary/aromatic N) is 3. The van der Waals surface area contributed by atoms with Gasteiger partial charge in [0.05, 0.1) is 23.3 Å². The van der Waals surface area contributed by atoms with Crippen LogP contribution in [0.1, 0.15) is 24.1 Å². The maximum atomic E-state index is 12.9. The Bertz CT molecular complexity index is 1480. The van der Waals surface area contributed by atoms with Crippen molar-refractivity contribution < 1.29 is 22.7 Å². The summed E-state index contributed by atoms with van der Waals surface area (Å²) in [5, 5.41) is 10.2. The first-order valence-corrected chi connectivity index (χ1v) is 11.6. The standard InChI is InChI=1S/C26H25F3N6O2/c1-35-23-21(22(30)34-35)19(13-20(33-23)25(10-11-25)14-37-2)15-6-8-17(9-7-15)31-24(36)32-18-5-3-4-16(12-18)26(27,28)29/h3-9,12-13H,10-11,14H2,1-2H3,(H2,30,34)(H2,31,32,36). The Morgan fingerprint density at radius 2 is 1.81 bits per heavy atom. The number of carbonyl (C=O) groups excluding carboxylic acids is 1. The van der Waals surface area contributed by atoms with E-state index in [1.165, 1.54) is 12.1 Å². The number of urea groups is 1. The third kappa shape index (κ3) is 4.82. The molecule has 4 aromatic rings. The number of aromatic nitrogens is 3. The first-order valence-electron chi connectivity index (χ1n) is 11.6. The van der Waals surface area contributed by atoms with Gasteiger partial charge >= 0.3 is 12.2 Å². The average molecular weight is 511 g/mol. The van der Waals surface area contributed by atoms with Gasteiger partial charge in [-0.15, -0.1) is 0 Å². The molecule has 0 saturated heterocycles. The number of ether oxygens (including phenoxy) is 1. The second-order valence-electron chi connectivity index (χ2n) is 9.21. The minimum atomic E-state index is -4.50. The fraction of sp³-hybridized carbons (Fsp3) is 0.269. The van der Waals surface area contributed by atoms with Crippen molar-refractivity contribution in [2.75, 3.05) is 30.1 Å². The molecule has 0 aliphatic heterocycles. The van der Waals surface area contributed by atoms with Crippen LogP contribution in [0.25, 0.3) is 22.2 Å². The Hall–Kier alpha value is -4.12. The van der Waals surface area contributed by atoms with Gasteiger partial charge in [0, 0.05) is 30.9 Å². The number of benzene rings is 2. The molecular weight excluding hydrogens is 485 g/mol. The summed E-state index contributed by atoms with van der Waals surface area (Å²) in [4.78, 5) is 17.2. The maximum Gasteiger partial charge on any atom is 0.416 e.